The maximum Gasteiger partial charge on any atom is 0.175 e. The summed E-state index contributed by atoms with van der Waals surface area (Å²) in [5, 5.41) is 33.7. The van der Waals surface area contributed by atoms with Gasteiger partial charge in [-0.05, 0) is 71.0 Å². The zero-order valence-corrected chi connectivity index (χ0v) is 39.1. The maximum absolute atomic E-state index is 8.80. The van der Waals surface area contributed by atoms with Crippen LogP contribution in [0, 0.1) is 10.8 Å². The molecule has 10 rings (SSSR count). The van der Waals surface area contributed by atoms with Crippen LogP contribution in [0.15, 0.2) is 133 Å². The van der Waals surface area contributed by atoms with Crippen molar-refractivity contribution in [1.82, 2.24) is 58.1 Å². The Morgan fingerprint density at radius 3 is 1.59 bits per heavy atom. The van der Waals surface area contributed by atoms with Crippen molar-refractivity contribution in [2.45, 2.75) is 19.5 Å². The van der Waals surface area contributed by atoms with Gasteiger partial charge in [-0.3, -0.25) is 10.8 Å². The fraction of sp³-hybridized carbons (Fsp3) is 0.265. The number of likely N-dealkylation sites (N-methyl/N-ethyl adjacent to an activating group) is 2. The number of nitrogens with one attached hydrogen (secondary N) is 6. The lowest BCUT2D eigenvalue weighted by Crippen LogP contribution is -2.21. The number of fused-ring (bicyclic) bond motifs is 4. The number of rotatable bonds is 19. The third-order valence-electron chi connectivity index (χ3n) is 11.3. The molecule has 0 amide bonds. The van der Waals surface area contributed by atoms with Crippen molar-refractivity contribution in [1.29, 1.82) is 10.8 Å². The Bertz CT molecular complexity index is 3160. The summed E-state index contributed by atoms with van der Waals surface area (Å²) < 4.78 is 19.9. The number of anilines is 2. The number of pyridine rings is 2. The van der Waals surface area contributed by atoms with Crippen molar-refractivity contribution in [2.24, 2.45) is 9.98 Å². The van der Waals surface area contributed by atoms with Gasteiger partial charge in [0.1, 0.15) is 29.5 Å². The second-order valence-electron chi connectivity index (χ2n) is 16.9. The minimum atomic E-state index is 0.340. The molecule has 8 heterocycles. The first-order valence-electron chi connectivity index (χ1n) is 22.7. The molecule has 69 heavy (non-hydrogen) atoms. The molecule has 20 heteroatoms. The van der Waals surface area contributed by atoms with Crippen LogP contribution in [0.3, 0.4) is 0 Å². The van der Waals surface area contributed by atoms with E-state index < -0.39 is 0 Å². The average molecular weight is 929 g/mol. The SMILES string of the molecule is CN(C)CCNc1nn2ccccc2c1N=C1C=C(OCCCn2ccnc2)c2[nH]ccc2C1=N.CN(C)CCNc1nn2ccccc2c1N=C1C=C(OCCn2ccnc2)c2[nH]ccc2C1=N. The highest BCUT2D eigenvalue weighted by atomic mass is 16.5. The molecule has 2 aliphatic rings. The van der Waals surface area contributed by atoms with Gasteiger partial charge in [-0.25, -0.2) is 29.0 Å². The number of aryl methyl sites for hydroxylation is 1. The number of allylic oxidation sites excluding steroid dienone is 2. The Morgan fingerprint density at radius 1 is 0.623 bits per heavy atom. The van der Waals surface area contributed by atoms with Crippen molar-refractivity contribution < 1.29 is 9.47 Å². The van der Waals surface area contributed by atoms with Crippen LogP contribution >= 0.6 is 0 Å². The van der Waals surface area contributed by atoms with Crippen molar-refractivity contribution in [3.63, 3.8) is 0 Å². The zero-order valence-electron chi connectivity index (χ0n) is 39.1. The van der Waals surface area contributed by atoms with E-state index >= 15 is 0 Å². The molecule has 0 bridgehead atoms. The summed E-state index contributed by atoms with van der Waals surface area (Å²) in [6.07, 6.45) is 22.9. The Balaban J connectivity index is 0.000000172. The number of hydrogen-bond acceptors (Lipinski definition) is 14. The number of aromatic nitrogens is 10. The van der Waals surface area contributed by atoms with E-state index in [4.69, 9.17) is 30.3 Å². The summed E-state index contributed by atoms with van der Waals surface area (Å²) in [5.41, 5.74) is 8.03. The first-order valence-corrected chi connectivity index (χ1v) is 22.7. The van der Waals surface area contributed by atoms with Crippen LogP contribution < -0.4 is 10.6 Å². The molecule has 0 fully saturated rings. The lowest BCUT2D eigenvalue weighted by molar-refractivity contribution is 0.259. The number of aliphatic imine (C=N–C) groups is 2. The van der Waals surface area contributed by atoms with Gasteiger partial charge in [0.25, 0.3) is 0 Å². The van der Waals surface area contributed by atoms with E-state index in [9.17, 15) is 0 Å². The van der Waals surface area contributed by atoms with Crippen LogP contribution in [-0.4, -0.2) is 149 Å². The van der Waals surface area contributed by atoms with Crippen LogP contribution in [-0.2, 0) is 22.6 Å². The molecule has 0 saturated carbocycles. The first-order chi connectivity index (χ1) is 33.7. The van der Waals surface area contributed by atoms with Gasteiger partial charge in [-0.1, -0.05) is 12.1 Å². The van der Waals surface area contributed by atoms with E-state index in [-0.39, 0.29) is 0 Å². The number of H-pyrrole nitrogens is 2. The minimum Gasteiger partial charge on any atom is -0.491 e. The van der Waals surface area contributed by atoms with Crippen LogP contribution in [0.5, 0.6) is 0 Å². The molecule has 2 aliphatic carbocycles. The summed E-state index contributed by atoms with van der Waals surface area (Å²) >= 11 is 0. The van der Waals surface area contributed by atoms with Gasteiger partial charge in [0.2, 0.25) is 0 Å². The van der Waals surface area contributed by atoms with Gasteiger partial charge < -0.3 is 49.0 Å². The highest BCUT2D eigenvalue weighted by molar-refractivity contribution is 6.54. The van der Waals surface area contributed by atoms with E-state index in [2.05, 4.69) is 50.6 Å². The van der Waals surface area contributed by atoms with E-state index in [1.807, 2.05) is 140 Å². The number of hydrogen-bond donors (Lipinski definition) is 6. The molecule has 0 radical (unpaired) electrons. The number of imidazole rings is 2. The minimum absolute atomic E-state index is 0.340. The van der Waals surface area contributed by atoms with Crippen molar-refractivity contribution >= 4 is 68.4 Å². The van der Waals surface area contributed by atoms with Gasteiger partial charge in [0.05, 0.1) is 71.1 Å². The standard InChI is InChI=1S/C25H29N9O.C24H27N9O/c1-32(2)13-10-29-25-24(20-6-3-4-12-34(20)31-25)30-19-16-21(23-18(22(19)26)7-8-28-23)35-15-5-11-33-14-9-27-17-33;1-31(2)11-9-28-24-23(19-5-3-4-10-33(19)30-24)29-18-15-20(22-17(21(18)25)6-7-27-22)34-14-13-32-12-8-26-16-32/h3-4,6-9,12,14,16-17,26,28H,5,10-11,13,15H2,1-2H3,(H,29,31);3-8,10,12,15-16,25,27H,9,11,13-14H2,1-2H3,(H,28,30). The van der Waals surface area contributed by atoms with E-state index in [0.717, 1.165) is 72.7 Å². The van der Waals surface area contributed by atoms with Crippen molar-refractivity contribution in [3.8, 4) is 0 Å². The molecule has 0 unspecified atom stereocenters. The van der Waals surface area contributed by atoms with Crippen molar-refractivity contribution in [3.05, 3.63) is 145 Å². The third-order valence-corrected chi connectivity index (χ3v) is 11.3. The second-order valence-corrected chi connectivity index (χ2v) is 16.9. The molecule has 6 N–H and O–H groups in total. The first kappa shape index (κ1) is 45.8. The summed E-state index contributed by atoms with van der Waals surface area (Å²) in [5.74, 6) is 2.72. The molecule has 0 aliphatic heterocycles. The fourth-order valence-corrected chi connectivity index (χ4v) is 7.78. The average Bonchev–Trinajstić information content (AvgIpc) is 4.22. The predicted molar refractivity (Wildman–Crippen MR) is 271 cm³/mol. The van der Waals surface area contributed by atoms with Crippen LogP contribution in [0.25, 0.3) is 22.6 Å². The Kier molecular flexibility index (Phi) is 14.0. The predicted octanol–water partition coefficient (Wildman–Crippen LogP) is 6.48. The molecular formula is C49H56N18O2. The largest absolute Gasteiger partial charge is 0.491 e. The molecule has 0 atom stereocenters. The maximum atomic E-state index is 8.80. The quantitative estimate of drug-likeness (QED) is 0.0485. The summed E-state index contributed by atoms with van der Waals surface area (Å²) in [6, 6.07) is 15.5. The molecule has 20 nitrogen and oxygen atoms in total. The molecule has 0 aromatic carbocycles. The van der Waals surface area contributed by atoms with E-state index in [1.165, 1.54) is 0 Å². The zero-order chi connectivity index (χ0) is 47.7. The van der Waals surface area contributed by atoms with Gasteiger partial charge in [0, 0.05) is 106 Å². The number of ether oxygens (including phenoxy) is 2. The third kappa shape index (κ3) is 10.6. The monoisotopic (exact) mass is 928 g/mol. The summed E-state index contributed by atoms with van der Waals surface area (Å²) in [4.78, 5) is 28.6. The fourth-order valence-electron chi connectivity index (χ4n) is 7.78. The second kappa shape index (κ2) is 21.1. The molecule has 0 spiro atoms. The topological polar surface area (TPSA) is 223 Å². The van der Waals surface area contributed by atoms with Crippen LogP contribution in [0.2, 0.25) is 0 Å². The van der Waals surface area contributed by atoms with Crippen LogP contribution in [0.4, 0.5) is 23.0 Å². The Morgan fingerprint density at radius 2 is 1.12 bits per heavy atom. The van der Waals surface area contributed by atoms with Crippen LogP contribution in [0.1, 0.15) is 28.9 Å². The van der Waals surface area contributed by atoms with Crippen molar-refractivity contribution in [2.75, 3.05) is 78.2 Å². The Hall–Kier alpha value is -8.36. The van der Waals surface area contributed by atoms with Gasteiger partial charge in [-0.15, -0.1) is 10.2 Å². The molecule has 0 saturated heterocycles. The Labute approximate surface area is 398 Å². The highest BCUT2D eigenvalue weighted by Crippen LogP contribution is 2.34. The van der Waals surface area contributed by atoms with E-state index in [0.29, 0.717) is 77.1 Å². The van der Waals surface area contributed by atoms with Gasteiger partial charge in [-0.2, -0.15) is 0 Å². The van der Waals surface area contributed by atoms with Gasteiger partial charge in [0.15, 0.2) is 11.6 Å². The van der Waals surface area contributed by atoms with Gasteiger partial charge >= 0.3 is 0 Å². The smallest absolute Gasteiger partial charge is 0.175 e. The molecule has 354 valence electrons. The molecule has 8 aromatic rings. The summed E-state index contributed by atoms with van der Waals surface area (Å²) in [7, 11) is 8.13. The highest BCUT2D eigenvalue weighted by Gasteiger charge is 2.27. The number of aromatic amines is 2. The number of nitrogens with zero attached hydrogens (tertiary/aromatic N) is 12. The lowest BCUT2D eigenvalue weighted by atomic mass is 9.98. The normalized spacial score (nSPS) is 14.6. The molecule has 8 aromatic heterocycles. The lowest BCUT2D eigenvalue weighted by Gasteiger charge is -2.18. The summed E-state index contributed by atoms with van der Waals surface area (Å²) in [6.45, 7) is 5.69. The molecular weight excluding hydrogens is 873 g/mol. The van der Waals surface area contributed by atoms with E-state index in [1.54, 1.807) is 29.6 Å².